The van der Waals surface area contributed by atoms with Crippen LogP contribution in [-0.2, 0) is 28.6 Å². The summed E-state index contributed by atoms with van der Waals surface area (Å²) < 4.78 is 17.0. The number of hydrogen-bond donors (Lipinski definition) is 0. The van der Waals surface area contributed by atoms with E-state index in [4.69, 9.17) is 14.2 Å². The van der Waals surface area contributed by atoms with Gasteiger partial charge in [-0.25, -0.2) is 0 Å². The lowest BCUT2D eigenvalue weighted by Gasteiger charge is -2.18. The molecule has 0 aromatic heterocycles. The topological polar surface area (TPSA) is 78.9 Å². The highest BCUT2D eigenvalue weighted by Gasteiger charge is 2.19. The molecule has 0 aliphatic heterocycles. The van der Waals surface area contributed by atoms with E-state index in [0.29, 0.717) is 19.3 Å². The summed E-state index contributed by atoms with van der Waals surface area (Å²) in [6.07, 6.45) is 89.2. The smallest absolute Gasteiger partial charge is 0.306 e. The predicted octanol–water partition coefficient (Wildman–Crippen LogP) is 25.5. The molecular formula is C76H142O6. The lowest BCUT2D eigenvalue weighted by molar-refractivity contribution is -0.167. The van der Waals surface area contributed by atoms with E-state index in [0.717, 1.165) is 64.2 Å². The Bertz CT molecular complexity index is 1370. The van der Waals surface area contributed by atoms with Gasteiger partial charge in [-0.05, 0) is 77.0 Å². The highest BCUT2D eigenvalue weighted by molar-refractivity contribution is 5.71. The molecule has 0 rings (SSSR count). The van der Waals surface area contributed by atoms with Crippen molar-refractivity contribution < 1.29 is 28.6 Å². The molecule has 0 bridgehead atoms. The second-order valence-electron chi connectivity index (χ2n) is 25.2. The minimum Gasteiger partial charge on any atom is -0.462 e. The van der Waals surface area contributed by atoms with Crippen molar-refractivity contribution in [1.29, 1.82) is 0 Å². The number of esters is 3. The van der Waals surface area contributed by atoms with Gasteiger partial charge < -0.3 is 14.2 Å². The molecule has 0 amide bonds. The van der Waals surface area contributed by atoms with Gasteiger partial charge in [0.25, 0.3) is 0 Å². The second-order valence-corrected chi connectivity index (χ2v) is 25.2. The Hall–Kier alpha value is -2.37. The van der Waals surface area contributed by atoms with Crippen molar-refractivity contribution in [2.45, 2.75) is 419 Å². The van der Waals surface area contributed by atoms with Crippen molar-refractivity contribution >= 4 is 17.9 Å². The predicted molar refractivity (Wildman–Crippen MR) is 358 cm³/mol. The van der Waals surface area contributed by atoms with E-state index in [1.54, 1.807) is 0 Å². The van der Waals surface area contributed by atoms with E-state index in [1.165, 1.54) is 308 Å². The summed E-state index contributed by atoms with van der Waals surface area (Å²) in [7, 11) is 0. The molecule has 0 spiro atoms. The van der Waals surface area contributed by atoms with Crippen molar-refractivity contribution in [2.24, 2.45) is 0 Å². The summed E-state index contributed by atoms with van der Waals surface area (Å²) in [5, 5.41) is 0. The first-order valence-corrected chi connectivity index (χ1v) is 37.0. The first-order valence-electron chi connectivity index (χ1n) is 37.0. The van der Waals surface area contributed by atoms with E-state index in [2.05, 4.69) is 57.2 Å². The average Bonchev–Trinajstić information content (AvgIpc) is 3.48. The van der Waals surface area contributed by atoms with Crippen molar-refractivity contribution in [3.05, 3.63) is 36.5 Å². The van der Waals surface area contributed by atoms with Crippen LogP contribution in [0.4, 0.5) is 0 Å². The summed E-state index contributed by atoms with van der Waals surface area (Å²) in [5.41, 5.74) is 0. The lowest BCUT2D eigenvalue weighted by Crippen LogP contribution is -2.30. The standard InChI is InChI=1S/C76H142O6/c1-4-7-10-13-16-19-22-24-26-28-30-32-33-34-35-36-37-38-39-40-41-42-43-45-46-48-50-52-54-57-60-63-66-69-75(78)81-72-73(71-80-74(77)68-65-62-59-56-21-18-15-12-9-6-3)82-76(79)70-67-64-61-58-55-53-51-49-47-44-31-29-27-25-23-20-17-14-11-8-5-2/h22,24,28-31,73H,4-21,23,25-27,32-72H2,1-3H3/b24-22-,30-28-,31-29-. The fourth-order valence-corrected chi connectivity index (χ4v) is 11.3. The molecule has 1 atom stereocenters. The maximum atomic E-state index is 12.9. The summed E-state index contributed by atoms with van der Waals surface area (Å²) in [6, 6.07) is 0. The Balaban J connectivity index is 4.06. The summed E-state index contributed by atoms with van der Waals surface area (Å²) in [4.78, 5) is 38.3. The van der Waals surface area contributed by atoms with E-state index in [9.17, 15) is 14.4 Å². The maximum absolute atomic E-state index is 12.9. The molecule has 0 aromatic carbocycles. The SMILES string of the molecule is CCCCCCC/C=C\C/C=C\CCCCCCCCCCCCCCCCCCCCCCCC(=O)OCC(COC(=O)CCCCCCCCCCCC)OC(=O)CCCCCCCCCCC/C=C\CCCCCCCCCC. The molecular weight excluding hydrogens is 1010 g/mol. The van der Waals surface area contributed by atoms with Crippen LogP contribution in [0.25, 0.3) is 0 Å². The van der Waals surface area contributed by atoms with Crippen LogP contribution in [0.2, 0.25) is 0 Å². The number of carbonyl (C=O) groups is 3. The van der Waals surface area contributed by atoms with E-state index in [-0.39, 0.29) is 31.1 Å². The highest BCUT2D eigenvalue weighted by Crippen LogP contribution is 2.19. The monoisotopic (exact) mass is 1150 g/mol. The number of allylic oxidation sites excluding steroid dienone is 6. The van der Waals surface area contributed by atoms with Crippen LogP contribution in [-0.4, -0.2) is 37.2 Å². The molecule has 6 heteroatoms. The van der Waals surface area contributed by atoms with Gasteiger partial charge in [0, 0.05) is 19.3 Å². The summed E-state index contributed by atoms with van der Waals surface area (Å²) in [5.74, 6) is -0.840. The first kappa shape index (κ1) is 79.6. The second kappa shape index (κ2) is 71.1. The Morgan fingerprint density at radius 2 is 0.439 bits per heavy atom. The van der Waals surface area contributed by atoms with Gasteiger partial charge in [-0.15, -0.1) is 0 Å². The van der Waals surface area contributed by atoms with Gasteiger partial charge in [-0.2, -0.15) is 0 Å². The normalized spacial score (nSPS) is 12.2. The molecule has 0 saturated heterocycles. The number of unbranched alkanes of at least 4 members (excludes halogenated alkanes) is 52. The Morgan fingerprint density at radius 1 is 0.244 bits per heavy atom. The van der Waals surface area contributed by atoms with Gasteiger partial charge in [-0.1, -0.05) is 353 Å². The largest absolute Gasteiger partial charge is 0.462 e. The van der Waals surface area contributed by atoms with Crippen LogP contribution in [0.5, 0.6) is 0 Å². The zero-order chi connectivity index (χ0) is 59.2. The average molecular weight is 1150 g/mol. The molecule has 0 saturated carbocycles. The van der Waals surface area contributed by atoms with Crippen molar-refractivity contribution in [1.82, 2.24) is 0 Å². The van der Waals surface area contributed by atoms with Crippen LogP contribution in [0, 0.1) is 0 Å². The minimum atomic E-state index is -0.769. The molecule has 0 heterocycles. The van der Waals surface area contributed by atoms with Gasteiger partial charge in [-0.3, -0.25) is 14.4 Å². The molecule has 0 aliphatic rings. The van der Waals surface area contributed by atoms with E-state index in [1.807, 2.05) is 0 Å². The molecule has 1 unspecified atom stereocenters. The third-order valence-corrected chi connectivity index (χ3v) is 16.9. The summed E-state index contributed by atoms with van der Waals surface area (Å²) >= 11 is 0. The fraction of sp³-hybridized carbons (Fsp3) is 0.882. The number of rotatable bonds is 69. The highest BCUT2D eigenvalue weighted by atomic mass is 16.6. The van der Waals surface area contributed by atoms with Crippen molar-refractivity contribution in [3.63, 3.8) is 0 Å². The number of ether oxygens (including phenoxy) is 3. The molecule has 0 aromatic rings. The summed E-state index contributed by atoms with van der Waals surface area (Å²) in [6.45, 7) is 6.69. The Labute approximate surface area is 512 Å². The van der Waals surface area contributed by atoms with Crippen LogP contribution >= 0.6 is 0 Å². The lowest BCUT2D eigenvalue weighted by atomic mass is 10.0. The van der Waals surface area contributed by atoms with Gasteiger partial charge in [0.2, 0.25) is 0 Å². The first-order chi connectivity index (χ1) is 40.5. The minimum absolute atomic E-state index is 0.0665. The molecule has 6 nitrogen and oxygen atoms in total. The molecule has 482 valence electrons. The molecule has 0 N–H and O–H groups in total. The van der Waals surface area contributed by atoms with Crippen molar-refractivity contribution in [2.75, 3.05) is 13.2 Å². The van der Waals surface area contributed by atoms with Crippen LogP contribution in [0.1, 0.15) is 412 Å². The maximum Gasteiger partial charge on any atom is 0.306 e. The molecule has 0 radical (unpaired) electrons. The zero-order valence-corrected chi connectivity index (χ0v) is 55.5. The van der Waals surface area contributed by atoms with Gasteiger partial charge in [0.05, 0.1) is 0 Å². The van der Waals surface area contributed by atoms with E-state index < -0.39 is 6.10 Å². The molecule has 82 heavy (non-hydrogen) atoms. The van der Waals surface area contributed by atoms with E-state index >= 15 is 0 Å². The van der Waals surface area contributed by atoms with Crippen LogP contribution in [0.3, 0.4) is 0 Å². The van der Waals surface area contributed by atoms with Gasteiger partial charge in [0.15, 0.2) is 6.10 Å². The van der Waals surface area contributed by atoms with Crippen molar-refractivity contribution in [3.8, 4) is 0 Å². The van der Waals surface area contributed by atoms with Crippen LogP contribution in [0.15, 0.2) is 36.5 Å². The molecule has 0 fully saturated rings. The number of carbonyl (C=O) groups excluding carboxylic acids is 3. The quantitative estimate of drug-likeness (QED) is 0.0261. The number of hydrogen-bond acceptors (Lipinski definition) is 6. The third-order valence-electron chi connectivity index (χ3n) is 16.9. The Kier molecular flexibility index (Phi) is 69.1. The fourth-order valence-electron chi connectivity index (χ4n) is 11.3. The third kappa shape index (κ3) is 68.4. The Morgan fingerprint density at radius 3 is 0.683 bits per heavy atom. The zero-order valence-electron chi connectivity index (χ0n) is 55.5. The van der Waals surface area contributed by atoms with Gasteiger partial charge in [0.1, 0.15) is 13.2 Å². The van der Waals surface area contributed by atoms with Gasteiger partial charge >= 0.3 is 17.9 Å². The molecule has 0 aliphatic carbocycles. The van der Waals surface area contributed by atoms with Crippen LogP contribution < -0.4 is 0 Å².